The molecular formula is C20H26N3O2+. The van der Waals surface area contributed by atoms with Gasteiger partial charge in [0.1, 0.15) is 7.05 Å². The summed E-state index contributed by atoms with van der Waals surface area (Å²) in [5.74, 6) is -0.429. The summed E-state index contributed by atoms with van der Waals surface area (Å²) < 4.78 is 6.76. The second-order valence-electron chi connectivity index (χ2n) is 5.69. The predicted octanol–water partition coefficient (Wildman–Crippen LogP) is 2.52. The molecule has 1 aromatic heterocycles. The molecule has 0 amide bonds. The largest absolute Gasteiger partial charge is 0.464 e. The standard InChI is InChI=1S/C20H26N3O2/c1-5-23(6-2)17-12-10-16(11-13-17)15-21-19(20(24)25-4)18-9-7-8-14-22(18)3/h7-14H,5-6,15H2,1-4H3/q+1. The molecule has 5 heteroatoms. The summed E-state index contributed by atoms with van der Waals surface area (Å²) in [7, 11) is 3.26. The molecule has 5 nitrogen and oxygen atoms in total. The summed E-state index contributed by atoms with van der Waals surface area (Å²) in [6, 6.07) is 13.9. The van der Waals surface area contributed by atoms with Gasteiger partial charge < -0.3 is 9.64 Å². The van der Waals surface area contributed by atoms with E-state index in [-0.39, 0.29) is 0 Å². The SMILES string of the molecule is CCN(CC)c1ccc(CN=C(C(=O)OC)c2cccc[n+]2C)cc1. The molecule has 0 radical (unpaired) electrons. The molecule has 0 saturated carbocycles. The highest BCUT2D eigenvalue weighted by atomic mass is 16.5. The van der Waals surface area contributed by atoms with Gasteiger partial charge in [-0.2, -0.15) is 4.57 Å². The number of methoxy groups -OCH3 is 1. The highest BCUT2D eigenvalue weighted by Gasteiger charge is 2.22. The third kappa shape index (κ3) is 4.66. The van der Waals surface area contributed by atoms with Gasteiger partial charge in [0.2, 0.25) is 11.4 Å². The molecule has 0 saturated heterocycles. The number of esters is 1. The number of benzene rings is 1. The van der Waals surface area contributed by atoms with Crippen LogP contribution in [0.3, 0.4) is 0 Å². The molecule has 0 spiro atoms. The van der Waals surface area contributed by atoms with E-state index in [9.17, 15) is 4.79 Å². The molecule has 0 atom stereocenters. The zero-order valence-electron chi connectivity index (χ0n) is 15.4. The molecule has 1 heterocycles. The van der Waals surface area contributed by atoms with Gasteiger partial charge in [-0.25, -0.2) is 4.79 Å². The number of rotatable bonds is 7. The van der Waals surface area contributed by atoms with Crippen molar-refractivity contribution in [2.75, 3.05) is 25.1 Å². The third-order valence-corrected chi connectivity index (χ3v) is 4.16. The van der Waals surface area contributed by atoms with E-state index in [4.69, 9.17) is 4.74 Å². The van der Waals surface area contributed by atoms with Gasteiger partial charge in [-0.05, 0) is 37.6 Å². The number of aromatic nitrogens is 1. The van der Waals surface area contributed by atoms with E-state index >= 15 is 0 Å². The Morgan fingerprint density at radius 3 is 2.36 bits per heavy atom. The van der Waals surface area contributed by atoms with Gasteiger partial charge in [-0.15, -0.1) is 0 Å². The highest BCUT2D eigenvalue weighted by Crippen LogP contribution is 2.15. The van der Waals surface area contributed by atoms with E-state index < -0.39 is 5.97 Å². The van der Waals surface area contributed by atoms with Gasteiger partial charge in [0.05, 0.1) is 13.7 Å². The number of anilines is 1. The lowest BCUT2D eigenvalue weighted by atomic mass is 10.2. The van der Waals surface area contributed by atoms with Gasteiger partial charge in [0, 0.05) is 30.9 Å². The minimum Gasteiger partial charge on any atom is -0.464 e. The van der Waals surface area contributed by atoms with Gasteiger partial charge in [0.15, 0.2) is 6.20 Å². The van der Waals surface area contributed by atoms with Gasteiger partial charge >= 0.3 is 5.97 Å². The van der Waals surface area contributed by atoms with Crippen LogP contribution in [-0.2, 0) is 23.1 Å². The van der Waals surface area contributed by atoms with E-state index in [1.807, 2.05) is 36.0 Å². The first-order valence-corrected chi connectivity index (χ1v) is 8.52. The van der Waals surface area contributed by atoms with Crippen molar-refractivity contribution in [1.29, 1.82) is 0 Å². The Kier molecular flexibility index (Phi) is 6.69. The lowest BCUT2D eigenvalue weighted by Crippen LogP contribution is -2.38. The van der Waals surface area contributed by atoms with Crippen LogP contribution in [0.15, 0.2) is 53.7 Å². The molecule has 0 aliphatic carbocycles. The fraction of sp³-hybridized carbons (Fsp3) is 0.350. The summed E-state index contributed by atoms with van der Waals surface area (Å²) in [5.41, 5.74) is 3.31. The van der Waals surface area contributed by atoms with Crippen LogP contribution in [-0.4, -0.2) is 31.9 Å². The molecule has 1 aromatic carbocycles. The van der Waals surface area contributed by atoms with Crippen molar-refractivity contribution in [1.82, 2.24) is 0 Å². The zero-order chi connectivity index (χ0) is 18.2. The van der Waals surface area contributed by atoms with Crippen molar-refractivity contribution in [3.8, 4) is 0 Å². The maximum absolute atomic E-state index is 12.1. The lowest BCUT2D eigenvalue weighted by Gasteiger charge is -2.21. The van der Waals surface area contributed by atoms with Gasteiger partial charge in [0.25, 0.3) is 0 Å². The van der Waals surface area contributed by atoms with Crippen LogP contribution in [0.1, 0.15) is 25.1 Å². The highest BCUT2D eigenvalue weighted by molar-refractivity contribution is 6.42. The predicted molar refractivity (Wildman–Crippen MR) is 99.9 cm³/mol. The first-order chi connectivity index (χ1) is 12.1. The summed E-state index contributed by atoms with van der Waals surface area (Å²) >= 11 is 0. The molecule has 25 heavy (non-hydrogen) atoms. The molecule has 0 N–H and O–H groups in total. The number of hydrogen-bond donors (Lipinski definition) is 0. The third-order valence-electron chi connectivity index (χ3n) is 4.16. The Hall–Kier alpha value is -2.69. The van der Waals surface area contributed by atoms with Crippen LogP contribution in [0.5, 0.6) is 0 Å². The Labute approximate surface area is 149 Å². The minimum absolute atomic E-state index is 0.332. The topological polar surface area (TPSA) is 45.8 Å². The Morgan fingerprint density at radius 2 is 1.80 bits per heavy atom. The molecule has 2 rings (SSSR count). The summed E-state index contributed by atoms with van der Waals surface area (Å²) in [6.45, 7) is 6.67. The number of carbonyl (C=O) groups excluding carboxylic acids is 1. The van der Waals surface area contributed by atoms with Crippen LogP contribution in [0.2, 0.25) is 0 Å². The van der Waals surface area contributed by atoms with E-state index in [0.29, 0.717) is 12.3 Å². The van der Waals surface area contributed by atoms with Crippen LogP contribution in [0.25, 0.3) is 0 Å². The van der Waals surface area contributed by atoms with Crippen molar-refractivity contribution in [2.24, 2.45) is 12.0 Å². The summed E-state index contributed by atoms with van der Waals surface area (Å²) in [5, 5.41) is 0. The quantitative estimate of drug-likeness (QED) is 0.442. The molecule has 0 unspecified atom stereocenters. The Bertz CT molecular complexity index is 735. The van der Waals surface area contributed by atoms with E-state index in [0.717, 1.165) is 24.3 Å². The minimum atomic E-state index is -0.429. The molecule has 0 fully saturated rings. The fourth-order valence-electron chi connectivity index (χ4n) is 2.69. The number of hydrogen-bond acceptors (Lipinski definition) is 4. The van der Waals surface area contributed by atoms with Crippen molar-refractivity contribution >= 4 is 17.4 Å². The molecular weight excluding hydrogens is 314 g/mol. The Morgan fingerprint density at radius 1 is 1.12 bits per heavy atom. The average Bonchev–Trinajstić information content (AvgIpc) is 2.65. The lowest BCUT2D eigenvalue weighted by molar-refractivity contribution is -0.672. The maximum atomic E-state index is 12.1. The summed E-state index contributed by atoms with van der Waals surface area (Å²) in [6.07, 6.45) is 1.88. The fourth-order valence-corrected chi connectivity index (χ4v) is 2.69. The molecule has 2 aromatic rings. The number of pyridine rings is 1. The second-order valence-corrected chi connectivity index (χ2v) is 5.69. The smallest absolute Gasteiger partial charge is 0.363 e. The van der Waals surface area contributed by atoms with Crippen molar-refractivity contribution in [2.45, 2.75) is 20.4 Å². The van der Waals surface area contributed by atoms with E-state index in [1.165, 1.54) is 12.8 Å². The number of carbonyl (C=O) groups is 1. The van der Waals surface area contributed by atoms with Crippen LogP contribution >= 0.6 is 0 Å². The van der Waals surface area contributed by atoms with Crippen LogP contribution in [0.4, 0.5) is 5.69 Å². The molecule has 132 valence electrons. The van der Waals surface area contributed by atoms with Gasteiger partial charge in [-0.1, -0.05) is 12.1 Å². The molecule has 0 bridgehead atoms. The first-order valence-electron chi connectivity index (χ1n) is 8.52. The number of aryl methyl sites for hydroxylation is 1. The normalized spacial score (nSPS) is 11.3. The van der Waals surface area contributed by atoms with Crippen LogP contribution in [0, 0.1) is 0 Å². The number of ether oxygens (including phenoxy) is 1. The first kappa shape index (κ1) is 18.6. The number of aliphatic imine (C=N–C) groups is 1. The van der Waals surface area contributed by atoms with Crippen molar-refractivity contribution in [3.05, 3.63) is 59.9 Å². The molecule has 0 aliphatic rings. The monoisotopic (exact) mass is 340 g/mol. The summed E-state index contributed by atoms with van der Waals surface area (Å²) in [4.78, 5) is 18.9. The molecule has 0 aliphatic heterocycles. The van der Waals surface area contributed by atoms with Crippen LogP contribution < -0.4 is 9.47 Å². The average molecular weight is 340 g/mol. The van der Waals surface area contributed by atoms with Gasteiger partial charge in [-0.3, -0.25) is 4.99 Å². The van der Waals surface area contributed by atoms with Crippen molar-refractivity contribution < 1.29 is 14.1 Å². The maximum Gasteiger partial charge on any atom is 0.363 e. The van der Waals surface area contributed by atoms with E-state index in [1.54, 1.807) is 0 Å². The van der Waals surface area contributed by atoms with Crippen molar-refractivity contribution in [3.63, 3.8) is 0 Å². The van der Waals surface area contributed by atoms with E-state index in [2.05, 4.69) is 48.0 Å². The zero-order valence-corrected chi connectivity index (χ0v) is 15.4. The number of nitrogens with zero attached hydrogens (tertiary/aromatic N) is 3. The second kappa shape index (κ2) is 8.97. The Balaban J connectivity index is 2.24.